The van der Waals surface area contributed by atoms with E-state index in [1.807, 2.05) is 6.92 Å². The van der Waals surface area contributed by atoms with Gasteiger partial charge < -0.3 is 10.4 Å². The van der Waals surface area contributed by atoms with Crippen molar-refractivity contribution in [3.8, 4) is 11.4 Å². The van der Waals surface area contributed by atoms with E-state index in [1.165, 1.54) is 6.07 Å². The van der Waals surface area contributed by atoms with Gasteiger partial charge in [-0.2, -0.15) is 0 Å². The topological polar surface area (TPSA) is 75.1 Å². The van der Waals surface area contributed by atoms with Gasteiger partial charge in [0.1, 0.15) is 5.82 Å². The molecule has 2 aromatic rings. The Bertz CT molecular complexity index is 614. The first-order chi connectivity index (χ1) is 9.60. The summed E-state index contributed by atoms with van der Waals surface area (Å²) in [4.78, 5) is 19.5. The number of nitrogens with one attached hydrogen (secondary N) is 1. The normalized spacial score (nSPS) is 10.3. The van der Waals surface area contributed by atoms with Crippen LogP contribution in [-0.4, -0.2) is 27.6 Å². The number of halogens is 1. The number of aromatic carboxylic acids is 1. The van der Waals surface area contributed by atoms with Crippen LogP contribution in [0.4, 0.5) is 5.82 Å². The van der Waals surface area contributed by atoms with Gasteiger partial charge in [-0.15, -0.1) is 0 Å². The van der Waals surface area contributed by atoms with E-state index in [0.29, 0.717) is 16.7 Å². The highest BCUT2D eigenvalue weighted by molar-refractivity contribution is 6.30. The van der Waals surface area contributed by atoms with Gasteiger partial charge in [-0.05, 0) is 30.7 Å². The zero-order valence-corrected chi connectivity index (χ0v) is 11.7. The van der Waals surface area contributed by atoms with E-state index >= 15 is 0 Å². The highest BCUT2D eigenvalue weighted by Crippen LogP contribution is 2.20. The number of hydrogen-bond donors (Lipinski definition) is 2. The Morgan fingerprint density at radius 1 is 1.30 bits per heavy atom. The van der Waals surface area contributed by atoms with Gasteiger partial charge in [0.15, 0.2) is 11.5 Å². The van der Waals surface area contributed by atoms with Crippen molar-refractivity contribution in [3.05, 3.63) is 41.0 Å². The first-order valence-corrected chi connectivity index (χ1v) is 6.60. The van der Waals surface area contributed by atoms with E-state index in [9.17, 15) is 4.79 Å². The second kappa shape index (κ2) is 6.34. The van der Waals surface area contributed by atoms with Crippen molar-refractivity contribution < 1.29 is 9.90 Å². The highest BCUT2D eigenvalue weighted by atomic mass is 35.5. The van der Waals surface area contributed by atoms with E-state index in [-0.39, 0.29) is 5.69 Å². The summed E-state index contributed by atoms with van der Waals surface area (Å²) in [6.45, 7) is 2.74. The third-order valence-electron chi connectivity index (χ3n) is 2.60. The number of carboxylic acids is 1. The largest absolute Gasteiger partial charge is 0.477 e. The molecular formula is C14H14ClN3O2. The van der Waals surface area contributed by atoms with Crippen LogP contribution in [0.25, 0.3) is 11.4 Å². The molecule has 0 unspecified atom stereocenters. The predicted molar refractivity (Wildman–Crippen MR) is 78.2 cm³/mol. The minimum absolute atomic E-state index is 0.0384. The molecule has 0 spiro atoms. The van der Waals surface area contributed by atoms with Crippen molar-refractivity contribution in [1.82, 2.24) is 9.97 Å². The first kappa shape index (κ1) is 14.3. The minimum Gasteiger partial charge on any atom is -0.477 e. The molecule has 104 valence electrons. The average Bonchev–Trinajstić information content (AvgIpc) is 2.45. The molecule has 0 bridgehead atoms. The molecule has 0 aliphatic carbocycles. The summed E-state index contributed by atoms with van der Waals surface area (Å²) >= 11 is 5.83. The lowest BCUT2D eigenvalue weighted by Crippen LogP contribution is -2.08. The van der Waals surface area contributed by atoms with Gasteiger partial charge in [-0.3, -0.25) is 0 Å². The molecule has 1 aromatic heterocycles. The molecule has 6 heteroatoms. The average molecular weight is 292 g/mol. The smallest absolute Gasteiger partial charge is 0.354 e. The van der Waals surface area contributed by atoms with Crippen molar-refractivity contribution in [2.45, 2.75) is 13.3 Å². The van der Waals surface area contributed by atoms with Crippen LogP contribution in [-0.2, 0) is 0 Å². The molecule has 0 aliphatic rings. The monoisotopic (exact) mass is 291 g/mol. The van der Waals surface area contributed by atoms with E-state index in [4.69, 9.17) is 16.7 Å². The van der Waals surface area contributed by atoms with Crippen molar-refractivity contribution >= 4 is 23.4 Å². The van der Waals surface area contributed by atoms with Crippen LogP contribution in [0.2, 0.25) is 5.02 Å². The molecule has 0 atom stereocenters. The molecule has 2 N–H and O–H groups in total. The zero-order chi connectivity index (χ0) is 14.5. The maximum atomic E-state index is 11.1. The number of benzene rings is 1. The third kappa shape index (κ3) is 3.45. The van der Waals surface area contributed by atoms with Crippen LogP contribution >= 0.6 is 11.6 Å². The Morgan fingerprint density at radius 2 is 2.00 bits per heavy atom. The summed E-state index contributed by atoms with van der Waals surface area (Å²) in [6.07, 6.45) is 0.919. The lowest BCUT2D eigenvalue weighted by Gasteiger charge is -2.08. The van der Waals surface area contributed by atoms with Gasteiger partial charge in [0.05, 0.1) is 0 Å². The summed E-state index contributed by atoms with van der Waals surface area (Å²) in [6, 6.07) is 8.37. The van der Waals surface area contributed by atoms with E-state index in [0.717, 1.165) is 18.5 Å². The van der Waals surface area contributed by atoms with Crippen molar-refractivity contribution in [2.75, 3.05) is 11.9 Å². The molecule has 0 saturated heterocycles. The Labute approximate surface area is 121 Å². The number of anilines is 1. The molecule has 0 amide bonds. The lowest BCUT2D eigenvalue weighted by atomic mass is 10.2. The van der Waals surface area contributed by atoms with Gasteiger partial charge in [-0.25, -0.2) is 14.8 Å². The van der Waals surface area contributed by atoms with Gasteiger partial charge in [0.2, 0.25) is 0 Å². The van der Waals surface area contributed by atoms with Crippen LogP contribution in [0.15, 0.2) is 30.3 Å². The van der Waals surface area contributed by atoms with E-state index in [1.54, 1.807) is 24.3 Å². The standard InChI is InChI=1S/C14H14ClN3O2/c1-2-7-16-12-8-11(14(19)20)17-13(18-12)9-3-5-10(15)6-4-9/h3-6,8H,2,7H2,1H3,(H,19,20)(H,16,17,18). The van der Waals surface area contributed by atoms with Crippen molar-refractivity contribution in [2.24, 2.45) is 0 Å². The zero-order valence-electron chi connectivity index (χ0n) is 10.9. The fourth-order valence-corrected chi connectivity index (χ4v) is 1.75. The number of aromatic nitrogens is 2. The Balaban J connectivity index is 2.43. The summed E-state index contributed by atoms with van der Waals surface area (Å²) in [5.74, 6) is -0.216. The van der Waals surface area contributed by atoms with Crippen LogP contribution < -0.4 is 5.32 Å². The molecule has 2 rings (SSSR count). The van der Waals surface area contributed by atoms with Gasteiger partial charge in [-0.1, -0.05) is 18.5 Å². The van der Waals surface area contributed by atoms with Crippen LogP contribution in [0.1, 0.15) is 23.8 Å². The molecule has 0 radical (unpaired) electrons. The van der Waals surface area contributed by atoms with Gasteiger partial charge >= 0.3 is 5.97 Å². The minimum atomic E-state index is -1.08. The number of carboxylic acid groups (broad SMARTS) is 1. The number of nitrogens with zero attached hydrogens (tertiary/aromatic N) is 2. The van der Waals surface area contributed by atoms with Crippen molar-refractivity contribution in [3.63, 3.8) is 0 Å². The SMILES string of the molecule is CCCNc1cc(C(=O)O)nc(-c2ccc(Cl)cc2)n1. The van der Waals surface area contributed by atoms with E-state index in [2.05, 4.69) is 15.3 Å². The van der Waals surface area contributed by atoms with Gasteiger partial charge in [0, 0.05) is 23.2 Å². The molecule has 1 aromatic carbocycles. The third-order valence-corrected chi connectivity index (χ3v) is 2.86. The maximum Gasteiger partial charge on any atom is 0.354 e. The molecular weight excluding hydrogens is 278 g/mol. The summed E-state index contributed by atoms with van der Waals surface area (Å²) in [5.41, 5.74) is 0.681. The molecule has 0 aliphatic heterocycles. The second-order valence-corrected chi connectivity index (χ2v) is 4.64. The van der Waals surface area contributed by atoms with Crippen molar-refractivity contribution in [1.29, 1.82) is 0 Å². The quantitative estimate of drug-likeness (QED) is 0.884. The summed E-state index contributed by atoms with van der Waals surface area (Å²) < 4.78 is 0. The van der Waals surface area contributed by atoms with E-state index < -0.39 is 5.97 Å². The summed E-state index contributed by atoms with van der Waals surface area (Å²) in [5, 5.41) is 12.8. The Morgan fingerprint density at radius 3 is 2.60 bits per heavy atom. The Hall–Kier alpha value is -2.14. The fraction of sp³-hybridized carbons (Fsp3) is 0.214. The molecule has 20 heavy (non-hydrogen) atoms. The Kier molecular flexibility index (Phi) is 4.53. The predicted octanol–water partition coefficient (Wildman–Crippen LogP) is 3.32. The number of rotatable bonds is 5. The van der Waals surface area contributed by atoms with Crippen LogP contribution in [0.5, 0.6) is 0 Å². The highest BCUT2D eigenvalue weighted by Gasteiger charge is 2.11. The fourth-order valence-electron chi connectivity index (χ4n) is 1.63. The number of carbonyl (C=O) groups is 1. The lowest BCUT2D eigenvalue weighted by molar-refractivity contribution is 0.0690. The van der Waals surface area contributed by atoms with Crippen LogP contribution in [0, 0.1) is 0 Å². The summed E-state index contributed by atoms with van der Waals surface area (Å²) in [7, 11) is 0. The molecule has 1 heterocycles. The van der Waals surface area contributed by atoms with Crippen LogP contribution in [0.3, 0.4) is 0 Å². The molecule has 0 fully saturated rings. The number of hydrogen-bond acceptors (Lipinski definition) is 4. The molecule has 0 saturated carbocycles. The molecule has 5 nitrogen and oxygen atoms in total. The van der Waals surface area contributed by atoms with Gasteiger partial charge in [0.25, 0.3) is 0 Å². The first-order valence-electron chi connectivity index (χ1n) is 6.22. The second-order valence-electron chi connectivity index (χ2n) is 4.20. The maximum absolute atomic E-state index is 11.1.